The molecule has 1 N–H and O–H groups in total. The highest BCUT2D eigenvalue weighted by Crippen LogP contribution is 2.32. The molecule has 0 saturated carbocycles. The minimum absolute atomic E-state index is 0.0796. The fourth-order valence-electron chi connectivity index (χ4n) is 3.21. The Labute approximate surface area is 157 Å². The van der Waals surface area contributed by atoms with Crippen molar-refractivity contribution in [2.24, 2.45) is 7.05 Å². The van der Waals surface area contributed by atoms with Gasteiger partial charge >= 0.3 is 0 Å². The van der Waals surface area contributed by atoms with Crippen LogP contribution in [0.4, 0.5) is 0 Å². The van der Waals surface area contributed by atoms with E-state index in [0.717, 1.165) is 11.3 Å². The van der Waals surface area contributed by atoms with E-state index < -0.39 is 0 Å². The van der Waals surface area contributed by atoms with E-state index in [2.05, 4.69) is 26.0 Å². The Hall–Kier alpha value is -3.28. The zero-order valence-electron chi connectivity index (χ0n) is 15.6. The van der Waals surface area contributed by atoms with Crippen LogP contribution in [0.25, 0.3) is 11.3 Å². The number of nitrogens with zero attached hydrogens (tertiary/aromatic N) is 2. The highest BCUT2D eigenvalue weighted by Gasteiger charge is 2.17. The van der Waals surface area contributed by atoms with Gasteiger partial charge in [0.2, 0.25) is 12.4 Å². The van der Waals surface area contributed by atoms with E-state index >= 15 is 0 Å². The van der Waals surface area contributed by atoms with Gasteiger partial charge < -0.3 is 18.6 Å². The molecule has 1 aliphatic heterocycles. The number of nitrogens with one attached hydrogen (secondary N) is 1. The number of ether oxygens (including phenoxy) is 2. The summed E-state index contributed by atoms with van der Waals surface area (Å²) in [6.07, 6.45) is 1.86. The van der Waals surface area contributed by atoms with Crippen LogP contribution in [0.3, 0.4) is 0 Å². The SMILES string of the molecule is Cc1ccc(-c2cn(CC(=O)c3ccc4c(c3)OCO4)c(=N)n2C)cc1C. The molecular formula is C21H21N3O3. The highest BCUT2D eigenvalue weighted by atomic mass is 16.7. The molecule has 0 radical (unpaired) electrons. The van der Waals surface area contributed by atoms with Gasteiger partial charge in [0, 0.05) is 18.8 Å². The lowest BCUT2D eigenvalue weighted by molar-refractivity contribution is 0.0969. The molecule has 2 aromatic carbocycles. The summed E-state index contributed by atoms with van der Waals surface area (Å²) in [5, 5.41) is 8.37. The average molecular weight is 363 g/mol. The van der Waals surface area contributed by atoms with E-state index in [4.69, 9.17) is 14.9 Å². The first-order valence-electron chi connectivity index (χ1n) is 8.75. The Balaban J connectivity index is 1.64. The molecule has 2 heterocycles. The quantitative estimate of drug-likeness (QED) is 0.724. The Bertz CT molecular complexity index is 1110. The van der Waals surface area contributed by atoms with Crippen LogP contribution in [0, 0.1) is 19.3 Å². The van der Waals surface area contributed by atoms with Gasteiger partial charge in [0.15, 0.2) is 17.3 Å². The second-order valence-electron chi connectivity index (χ2n) is 6.82. The van der Waals surface area contributed by atoms with Gasteiger partial charge in [0.25, 0.3) is 0 Å². The summed E-state index contributed by atoms with van der Waals surface area (Å²) in [6, 6.07) is 11.4. The summed E-state index contributed by atoms with van der Waals surface area (Å²) in [5.74, 6) is 1.15. The number of hydrogen-bond acceptors (Lipinski definition) is 4. The van der Waals surface area contributed by atoms with E-state index in [1.807, 2.05) is 19.3 Å². The average Bonchev–Trinajstić information content (AvgIpc) is 3.23. The number of rotatable bonds is 4. The number of ketones is 1. The topological polar surface area (TPSA) is 69.2 Å². The molecule has 6 heteroatoms. The number of imidazole rings is 1. The standard InChI is InChI=1S/C21H21N3O3/c1-13-4-5-15(8-14(13)2)17-10-24(21(22)23(17)3)11-18(25)16-6-7-19-20(9-16)27-12-26-19/h4-10,22H,11-12H2,1-3H3. The van der Waals surface area contributed by atoms with Gasteiger partial charge in [0.05, 0.1) is 12.2 Å². The number of carbonyl (C=O) groups is 1. The van der Waals surface area contributed by atoms with E-state index in [0.29, 0.717) is 17.1 Å². The van der Waals surface area contributed by atoms with Crippen molar-refractivity contribution in [3.63, 3.8) is 0 Å². The maximum Gasteiger partial charge on any atom is 0.231 e. The van der Waals surface area contributed by atoms with Gasteiger partial charge in [-0.25, -0.2) is 0 Å². The molecule has 1 aliphatic rings. The molecule has 0 saturated heterocycles. The van der Waals surface area contributed by atoms with Crippen molar-refractivity contribution in [2.45, 2.75) is 20.4 Å². The van der Waals surface area contributed by atoms with Gasteiger partial charge in [-0.15, -0.1) is 0 Å². The molecule has 138 valence electrons. The van der Waals surface area contributed by atoms with Crippen LogP contribution in [0.15, 0.2) is 42.6 Å². The number of fused-ring (bicyclic) bond motifs is 1. The number of carbonyl (C=O) groups excluding carboxylic acids is 1. The van der Waals surface area contributed by atoms with Crippen molar-refractivity contribution in [3.05, 3.63) is 64.9 Å². The molecule has 0 amide bonds. The van der Waals surface area contributed by atoms with Crippen molar-refractivity contribution >= 4 is 5.78 Å². The number of Topliss-reactive ketones (excluding diaryl/α,β-unsaturated/α-hetero) is 1. The van der Waals surface area contributed by atoms with Crippen molar-refractivity contribution < 1.29 is 14.3 Å². The van der Waals surface area contributed by atoms with E-state index in [1.165, 1.54) is 11.1 Å². The summed E-state index contributed by atoms with van der Waals surface area (Å²) in [5.41, 5.74) is 5.18. The van der Waals surface area contributed by atoms with Gasteiger partial charge in [-0.1, -0.05) is 12.1 Å². The minimum atomic E-state index is -0.0796. The monoisotopic (exact) mass is 363 g/mol. The third-order valence-electron chi connectivity index (χ3n) is 5.04. The second-order valence-corrected chi connectivity index (χ2v) is 6.82. The Morgan fingerprint density at radius 1 is 1.07 bits per heavy atom. The molecule has 3 aromatic rings. The molecule has 4 rings (SSSR count). The zero-order chi connectivity index (χ0) is 19.1. The van der Waals surface area contributed by atoms with Crippen molar-refractivity contribution in [2.75, 3.05) is 6.79 Å². The summed E-state index contributed by atoms with van der Waals surface area (Å²) in [6.45, 7) is 4.42. The maximum atomic E-state index is 12.7. The maximum absolute atomic E-state index is 12.7. The lowest BCUT2D eigenvalue weighted by Crippen LogP contribution is -2.25. The van der Waals surface area contributed by atoms with Crippen LogP contribution in [-0.2, 0) is 13.6 Å². The van der Waals surface area contributed by atoms with Crippen LogP contribution < -0.4 is 15.1 Å². The summed E-state index contributed by atoms with van der Waals surface area (Å²) in [7, 11) is 1.84. The largest absolute Gasteiger partial charge is 0.454 e. The van der Waals surface area contributed by atoms with Gasteiger partial charge in [-0.05, 0) is 54.8 Å². The first-order valence-corrected chi connectivity index (χ1v) is 8.75. The Kier molecular flexibility index (Phi) is 4.11. The number of hydrogen-bond donors (Lipinski definition) is 1. The molecule has 1 aromatic heterocycles. The van der Waals surface area contributed by atoms with Crippen LogP contribution in [0.5, 0.6) is 11.5 Å². The molecule has 0 aliphatic carbocycles. The van der Waals surface area contributed by atoms with Gasteiger partial charge in [-0.3, -0.25) is 10.2 Å². The fourth-order valence-corrected chi connectivity index (χ4v) is 3.21. The molecule has 0 unspecified atom stereocenters. The number of benzene rings is 2. The third kappa shape index (κ3) is 3.03. The first-order chi connectivity index (χ1) is 12.9. The van der Waals surface area contributed by atoms with Crippen molar-refractivity contribution in [1.29, 1.82) is 5.41 Å². The van der Waals surface area contributed by atoms with Gasteiger partial charge in [-0.2, -0.15) is 0 Å². The lowest BCUT2D eigenvalue weighted by Gasteiger charge is -2.05. The normalized spacial score (nSPS) is 12.4. The fraction of sp³-hybridized carbons (Fsp3) is 0.238. The van der Waals surface area contributed by atoms with Gasteiger partial charge in [0.1, 0.15) is 0 Å². The van der Waals surface area contributed by atoms with Crippen LogP contribution in [-0.4, -0.2) is 21.7 Å². The minimum Gasteiger partial charge on any atom is -0.454 e. The molecular weight excluding hydrogens is 342 g/mol. The first kappa shape index (κ1) is 17.1. The van der Waals surface area contributed by atoms with Crippen molar-refractivity contribution in [1.82, 2.24) is 9.13 Å². The van der Waals surface area contributed by atoms with E-state index in [-0.39, 0.29) is 24.7 Å². The zero-order valence-corrected chi connectivity index (χ0v) is 15.6. The molecule has 0 fully saturated rings. The predicted octanol–water partition coefficient (Wildman–Crippen LogP) is 3.20. The predicted molar refractivity (Wildman–Crippen MR) is 101 cm³/mol. The Morgan fingerprint density at radius 3 is 2.63 bits per heavy atom. The molecule has 0 atom stereocenters. The van der Waals surface area contributed by atoms with Crippen LogP contribution >= 0.6 is 0 Å². The van der Waals surface area contributed by atoms with E-state index in [9.17, 15) is 4.79 Å². The summed E-state index contributed by atoms with van der Waals surface area (Å²) < 4.78 is 14.1. The third-order valence-corrected chi connectivity index (χ3v) is 5.04. The molecule has 0 spiro atoms. The molecule has 27 heavy (non-hydrogen) atoms. The van der Waals surface area contributed by atoms with E-state index in [1.54, 1.807) is 27.3 Å². The lowest BCUT2D eigenvalue weighted by atomic mass is 10.0. The molecule has 0 bridgehead atoms. The molecule has 6 nitrogen and oxygen atoms in total. The summed E-state index contributed by atoms with van der Waals surface area (Å²) >= 11 is 0. The van der Waals surface area contributed by atoms with Crippen LogP contribution in [0.2, 0.25) is 0 Å². The smallest absolute Gasteiger partial charge is 0.231 e. The number of aromatic nitrogens is 2. The van der Waals surface area contributed by atoms with Crippen LogP contribution in [0.1, 0.15) is 21.5 Å². The second kappa shape index (κ2) is 6.46. The number of aryl methyl sites for hydroxylation is 2. The summed E-state index contributed by atoms with van der Waals surface area (Å²) in [4.78, 5) is 12.7. The highest BCUT2D eigenvalue weighted by molar-refractivity contribution is 5.96. The van der Waals surface area contributed by atoms with Crippen molar-refractivity contribution in [3.8, 4) is 22.8 Å². The Morgan fingerprint density at radius 2 is 1.85 bits per heavy atom.